The third-order valence-corrected chi connectivity index (χ3v) is 6.63. The predicted octanol–water partition coefficient (Wildman–Crippen LogP) is 3.40. The minimum Gasteiger partial charge on any atom is -0.389 e. The average Bonchev–Trinajstić information content (AvgIpc) is 3.17. The van der Waals surface area contributed by atoms with E-state index in [1.54, 1.807) is 11.3 Å². The van der Waals surface area contributed by atoms with Crippen LogP contribution < -0.4 is 5.32 Å². The number of nitrogens with one attached hydrogen (secondary N) is 1. The van der Waals surface area contributed by atoms with E-state index in [1.807, 2.05) is 6.07 Å². The van der Waals surface area contributed by atoms with Gasteiger partial charge in [0, 0.05) is 23.5 Å². The highest BCUT2D eigenvalue weighted by Gasteiger charge is 2.37. The second kappa shape index (κ2) is 10.0. The number of likely N-dealkylation sites (tertiary alicyclic amines) is 1. The molecule has 2 heterocycles. The molecule has 0 bridgehead atoms. The summed E-state index contributed by atoms with van der Waals surface area (Å²) in [7, 11) is 0. The summed E-state index contributed by atoms with van der Waals surface area (Å²) >= 11 is 1.70. The monoisotopic (exact) mass is 366 g/mol. The fraction of sp³-hybridized carbons (Fsp3) is 0.800. The van der Waals surface area contributed by atoms with Gasteiger partial charge in [-0.05, 0) is 50.2 Å². The molecule has 0 amide bonds. The van der Waals surface area contributed by atoms with E-state index in [0.717, 1.165) is 6.54 Å². The first-order chi connectivity index (χ1) is 12.3. The normalized spacial score (nSPS) is 22.8. The van der Waals surface area contributed by atoms with Crippen LogP contribution in [0.4, 0.5) is 0 Å². The van der Waals surface area contributed by atoms with Crippen molar-refractivity contribution in [2.75, 3.05) is 32.8 Å². The van der Waals surface area contributed by atoms with Gasteiger partial charge in [-0.15, -0.1) is 11.3 Å². The molecule has 3 rings (SSSR count). The number of thiophene rings is 1. The SMILES string of the molecule is O[C@@H](CNCC1(N2CCCCC2)CCCCC1)COCc1cccs1. The fourth-order valence-electron chi connectivity index (χ4n) is 4.40. The van der Waals surface area contributed by atoms with Crippen LogP contribution in [0.25, 0.3) is 0 Å². The van der Waals surface area contributed by atoms with E-state index in [2.05, 4.69) is 21.7 Å². The first-order valence-corrected chi connectivity index (χ1v) is 10.9. The van der Waals surface area contributed by atoms with E-state index < -0.39 is 6.10 Å². The van der Waals surface area contributed by atoms with Crippen LogP contribution in [0.15, 0.2) is 17.5 Å². The highest BCUT2D eigenvalue weighted by atomic mass is 32.1. The van der Waals surface area contributed by atoms with Crippen molar-refractivity contribution in [3.8, 4) is 0 Å². The first kappa shape index (κ1) is 19.3. The van der Waals surface area contributed by atoms with Gasteiger partial charge in [-0.3, -0.25) is 4.90 Å². The molecule has 5 heteroatoms. The van der Waals surface area contributed by atoms with Crippen molar-refractivity contribution in [2.45, 2.75) is 69.6 Å². The molecule has 1 atom stereocenters. The van der Waals surface area contributed by atoms with E-state index in [0.29, 0.717) is 25.3 Å². The van der Waals surface area contributed by atoms with E-state index in [1.165, 1.54) is 69.3 Å². The third-order valence-electron chi connectivity index (χ3n) is 5.78. The molecule has 0 unspecified atom stereocenters. The molecule has 25 heavy (non-hydrogen) atoms. The Bertz CT molecular complexity index is 468. The van der Waals surface area contributed by atoms with Gasteiger partial charge < -0.3 is 15.2 Å². The minimum atomic E-state index is -0.429. The fourth-order valence-corrected chi connectivity index (χ4v) is 5.04. The Labute approximate surface area is 156 Å². The van der Waals surface area contributed by atoms with Crippen molar-refractivity contribution in [1.29, 1.82) is 0 Å². The standard InChI is InChI=1S/C20H34N2O2S/c23-18(15-24-16-19-8-7-13-25-19)14-21-17-20(9-3-1-4-10-20)22-11-5-2-6-12-22/h7-8,13,18,21,23H,1-6,9-12,14-17H2/t18-/m0/s1. The maximum Gasteiger partial charge on any atom is 0.0897 e. The lowest BCUT2D eigenvalue weighted by atomic mass is 9.79. The summed E-state index contributed by atoms with van der Waals surface area (Å²) in [5, 5.41) is 15.8. The molecule has 1 saturated carbocycles. The lowest BCUT2D eigenvalue weighted by molar-refractivity contribution is 0.0156. The van der Waals surface area contributed by atoms with Gasteiger partial charge in [-0.25, -0.2) is 0 Å². The smallest absolute Gasteiger partial charge is 0.0897 e. The van der Waals surface area contributed by atoms with Crippen molar-refractivity contribution in [3.63, 3.8) is 0 Å². The van der Waals surface area contributed by atoms with Gasteiger partial charge in [0.1, 0.15) is 0 Å². The topological polar surface area (TPSA) is 44.7 Å². The van der Waals surface area contributed by atoms with E-state index in [-0.39, 0.29) is 0 Å². The lowest BCUT2D eigenvalue weighted by Crippen LogP contribution is -2.58. The van der Waals surface area contributed by atoms with Crippen molar-refractivity contribution in [3.05, 3.63) is 22.4 Å². The van der Waals surface area contributed by atoms with Gasteiger partial charge in [0.15, 0.2) is 0 Å². The molecule has 0 radical (unpaired) electrons. The molecule has 1 aromatic heterocycles. The van der Waals surface area contributed by atoms with Gasteiger partial charge in [-0.2, -0.15) is 0 Å². The average molecular weight is 367 g/mol. The molecule has 1 aliphatic heterocycles. The Balaban J connectivity index is 1.39. The molecule has 2 aliphatic rings. The molecule has 1 saturated heterocycles. The van der Waals surface area contributed by atoms with Gasteiger partial charge in [0.25, 0.3) is 0 Å². The summed E-state index contributed by atoms with van der Waals surface area (Å²) in [4.78, 5) is 3.97. The molecule has 2 N–H and O–H groups in total. The Morgan fingerprint density at radius 3 is 2.64 bits per heavy atom. The third kappa shape index (κ3) is 5.76. The molecule has 2 fully saturated rings. The second-order valence-electron chi connectivity index (χ2n) is 7.71. The van der Waals surface area contributed by atoms with Gasteiger partial charge >= 0.3 is 0 Å². The number of nitrogens with zero attached hydrogens (tertiary/aromatic N) is 1. The number of piperidine rings is 1. The minimum absolute atomic E-state index is 0.330. The predicted molar refractivity (Wildman–Crippen MR) is 104 cm³/mol. The quantitative estimate of drug-likeness (QED) is 0.703. The first-order valence-electron chi connectivity index (χ1n) is 10.0. The zero-order valence-electron chi connectivity index (χ0n) is 15.4. The molecule has 1 aromatic rings. The van der Waals surface area contributed by atoms with Crippen LogP contribution in [-0.2, 0) is 11.3 Å². The maximum absolute atomic E-state index is 10.2. The van der Waals surface area contributed by atoms with Crippen LogP contribution in [-0.4, -0.2) is 54.4 Å². The zero-order valence-corrected chi connectivity index (χ0v) is 16.2. The summed E-state index contributed by atoms with van der Waals surface area (Å²) in [6.07, 6.45) is 10.4. The summed E-state index contributed by atoms with van der Waals surface area (Å²) < 4.78 is 5.63. The van der Waals surface area contributed by atoms with Crippen LogP contribution in [0, 0.1) is 0 Å². The number of aliphatic hydroxyl groups is 1. The Kier molecular flexibility index (Phi) is 7.74. The van der Waals surface area contributed by atoms with E-state index >= 15 is 0 Å². The number of ether oxygens (including phenoxy) is 1. The van der Waals surface area contributed by atoms with Crippen molar-refractivity contribution >= 4 is 11.3 Å². The Morgan fingerprint density at radius 2 is 1.92 bits per heavy atom. The molecule has 4 nitrogen and oxygen atoms in total. The summed E-state index contributed by atoms with van der Waals surface area (Å²) in [5.41, 5.74) is 0.330. The Hall–Kier alpha value is -0.460. The van der Waals surface area contributed by atoms with Gasteiger partial charge in [0.2, 0.25) is 0 Å². The van der Waals surface area contributed by atoms with Crippen LogP contribution in [0.2, 0.25) is 0 Å². The molecule has 142 valence electrons. The van der Waals surface area contributed by atoms with Gasteiger partial charge in [0.05, 0.1) is 19.3 Å². The van der Waals surface area contributed by atoms with Crippen LogP contribution in [0.1, 0.15) is 56.2 Å². The largest absolute Gasteiger partial charge is 0.389 e. The number of hydrogen-bond donors (Lipinski definition) is 2. The number of hydrogen-bond acceptors (Lipinski definition) is 5. The molecule has 1 aliphatic carbocycles. The molecular formula is C20H34N2O2S. The zero-order chi connectivity index (χ0) is 17.4. The highest BCUT2D eigenvalue weighted by molar-refractivity contribution is 7.09. The van der Waals surface area contributed by atoms with E-state index in [4.69, 9.17) is 4.74 Å². The summed E-state index contributed by atoms with van der Waals surface area (Å²) in [6, 6.07) is 4.10. The summed E-state index contributed by atoms with van der Waals surface area (Å²) in [6.45, 7) is 5.16. The highest BCUT2D eigenvalue weighted by Crippen LogP contribution is 2.35. The van der Waals surface area contributed by atoms with Gasteiger partial charge in [-0.1, -0.05) is 31.7 Å². The molecule has 0 aromatic carbocycles. The summed E-state index contributed by atoms with van der Waals surface area (Å²) in [5.74, 6) is 0. The number of rotatable bonds is 9. The maximum atomic E-state index is 10.2. The van der Waals surface area contributed by atoms with Crippen molar-refractivity contribution in [1.82, 2.24) is 10.2 Å². The molecular weight excluding hydrogens is 332 g/mol. The van der Waals surface area contributed by atoms with Crippen LogP contribution in [0.5, 0.6) is 0 Å². The Morgan fingerprint density at radius 1 is 1.16 bits per heavy atom. The molecule has 0 spiro atoms. The van der Waals surface area contributed by atoms with Crippen molar-refractivity contribution < 1.29 is 9.84 Å². The number of aliphatic hydroxyl groups excluding tert-OH is 1. The lowest BCUT2D eigenvalue weighted by Gasteiger charge is -2.48. The van der Waals surface area contributed by atoms with Crippen LogP contribution in [0.3, 0.4) is 0 Å². The second-order valence-corrected chi connectivity index (χ2v) is 8.74. The van der Waals surface area contributed by atoms with Crippen LogP contribution >= 0.6 is 11.3 Å². The van der Waals surface area contributed by atoms with Crippen molar-refractivity contribution in [2.24, 2.45) is 0 Å². The van der Waals surface area contributed by atoms with E-state index in [9.17, 15) is 5.11 Å².